The molecule has 2 aliphatic rings. The quantitative estimate of drug-likeness (QED) is 0.554. The fraction of sp³-hybridized carbons (Fsp3) is 0.409. The molecule has 0 bridgehead atoms. The van der Waals surface area contributed by atoms with E-state index in [9.17, 15) is 14.4 Å². The van der Waals surface area contributed by atoms with Crippen molar-refractivity contribution < 1.29 is 19.1 Å². The van der Waals surface area contributed by atoms with Crippen LogP contribution in [-0.2, 0) is 40.1 Å². The van der Waals surface area contributed by atoms with E-state index in [1.54, 1.807) is 16.2 Å². The van der Waals surface area contributed by atoms with Gasteiger partial charge in [0.05, 0.1) is 6.42 Å². The number of amides is 1. The maximum Gasteiger partial charge on any atom is 0.306 e. The number of rotatable bonds is 6. The Hall–Kier alpha value is -2.47. The summed E-state index contributed by atoms with van der Waals surface area (Å²) in [5, 5.41) is 2.04. The molecule has 0 N–H and O–H groups in total. The van der Waals surface area contributed by atoms with Gasteiger partial charge in [-0.25, -0.2) is 0 Å². The van der Waals surface area contributed by atoms with E-state index >= 15 is 0 Å². The number of ether oxygens (including phenoxy) is 1. The maximum absolute atomic E-state index is 12.3. The van der Waals surface area contributed by atoms with Crippen LogP contribution in [0.1, 0.15) is 51.2 Å². The fourth-order valence-corrected chi connectivity index (χ4v) is 4.76. The molecule has 2 heterocycles. The van der Waals surface area contributed by atoms with Gasteiger partial charge in [-0.3, -0.25) is 14.4 Å². The number of carbonyl (C=O) groups is 3. The zero-order valence-corrected chi connectivity index (χ0v) is 16.6. The lowest BCUT2D eigenvalue weighted by molar-refractivity contribution is -0.152. The van der Waals surface area contributed by atoms with Crippen LogP contribution in [0, 0.1) is 0 Å². The molecule has 6 heteroatoms. The summed E-state index contributed by atoms with van der Waals surface area (Å²) < 4.78 is 5.11. The van der Waals surface area contributed by atoms with Gasteiger partial charge in [0.2, 0.25) is 0 Å². The largest absolute Gasteiger partial charge is 0.456 e. The lowest BCUT2D eigenvalue weighted by atomic mass is 10.0. The van der Waals surface area contributed by atoms with E-state index in [4.69, 9.17) is 4.74 Å². The number of ketones is 1. The Balaban J connectivity index is 1.21. The third-order valence-electron chi connectivity index (χ3n) is 5.49. The van der Waals surface area contributed by atoms with Crippen molar-refractivity contribution in [2.24, 2.45) is 0 Å². The summed E-state index contributed by atoms with van der Waals surface area (Å²) in [5.74, 6) is -0.745. The minimum atomic E-state index is -0.504. The van der Waals surface area contributed by atoms with Gasteiger partial charge in [0.15, 0.2) is 12.4 Å². The molecule has 1 amide bonds. The van der Waals surface area contributed by atoms with Gasteiger partial charge in [-0.15, -0.1) is 11.3 Å². The topological polar surface area (TPSA) is 63.7 Å². The predicted octanol–water partition coefficient (Wildman–Crippen LogP) is 3.33. The lowest BCUT2D eigenvalue weighted by Gasteiger charge is -2.26. The number of hydrogen-bond acceptors (Lipinski definition) is 5. The predicted molar refractivity (Wildman–Crippen MR) is 106 cm³/mol. The molecule has 0 fully saturated rings. The summed E-state index contributed by atoms with van der Waals surface area (Å²) in [5.41, 5.74) is 4.40. The number of benzene rings is 1. The average Bonchev–Trinajstić information content (AvgIpc) is 3.37. The van der Waals surface area contributed by atoms with Gasteiger partial charge >= 0.3 is 5.97 Å². The van der Waals surface area contributed by atoms with E-state index in [-0.39, 0.29) is 31.1 Å². The Bertz CT molecular complexity index is 917. The molecule has 0 radical (unpaired) electrons. The number of nitrogens with zero attached hydrogens (tertiary/aromatic N) is 1. The number of hydrogen-bond donors (Lipinski definition) is 0. The highest BCUT2D eigenvalue weighted by molar-refractivity contribution is 7.10. The number of carbonyl (C=O) groups excluding carboxylic acids is 3. The molecule has 1 aromatic carbocycles. The smallest absolute Gasteiger partial charge is 0.306 e. The molecule has 1 aliphatic heterocycles. The number of thiophene rings is 1. The van der Waals surface area contributed by atoms with Crippen LogP contribution in [0.15, 0.2) is 29.6 Å². The highest BCUT2D eigenvalue weighted by atomic mass is 32.1. The number of fused-ring (bicyclic) bond motifs is 2. The molecule has 0 atom stereocenters. The van der Waals surface area contributed by atoms with E-state index < -0.39 is 5.97 Å². The van der Waals surface area contributed by atoms with Crippen LogP contribution in [0.25, 0.3) is 0 Å². The van der Waals surface area contributed by atoms with E-state index in [0.717, 1.165) is 25.7 Å². The summed E-state index contributed by atoms with van der Waals surface area (Å²) in [6, 6.07) is 7.85. The first-order valence-corrected chi connectivity index (χ1v) is 10.6. The van der Waals surface area contributed by atoms with Gasteiger partial charge in [0, 0.05) is 30.0 Å². The molecule has 0 unspecified atom stereocenters. The molecule has 146 valence electrons. The Morgan fingerprint density at radius 2 is 1.86 bits per heavy atom. The molecular formula is C22H23NO4S. The molecule has 0 saturated carbocycles. The molecule has 0 spiro atoms. The Morgan fingerprint density at radius 3 is 2.75 bits per heavy atom. The highest BCUT2D eigenvalue weighted by Crippen LogP contribution is 2.24. The van der Waals surface area contributed by atoms with Crippen LogP contribution in [0.3, 0.4) is 0 Å². The molecule has 28 heavy (non-hydrogen) atoms. The van der Waals surface area contributed by atoms with E-state index in [2.05, 4.69) is 0 Å². The zero-order valence-electron chi connectivity index (χ0n) is 15.7. The van der Waals surface area contributed by atoms with Crippen LogP contribution < -0.4 is 0 Å². The first-order valence-electron chi connectivity index (χ1n) is 9.74. The van der Waals surface area contributed by atoms with E-state index in [1.165, 1.54) is 21.6 Å². The van der Waals surface area contributed by atoms with Crippen LogP contribution in [0.2, 0.25) is 0 Å². The SMILES string of the molecule is O=C(CCC(=O)c1ccc2c(c1)CCC2)OCC(=O)N1CCc2sccc2C1. The van der Waals surface area contributed by atoms with Crippen molar-refractivity contribution >= 4 is 29.0 Å². The normalized spacial score (nSPS) is 15.1. The van der Waals surface area contributed by atoms with Crippen LogP contribution >= 0.6 is 11.3 Å². The van der Waals surface area contributed by atoms with Crippen LogP contribution in [-0.4, -0.2) is 35.7 Å². The second kappa shape index (κ2) is 8.27. The van der Waals surface area contributed by atoms with Gasteiger partial charge in [-0.2, -0.15) is 0 Å². The van der Waals surface area contributed by atoms with Crippen molar-refractivity contribution in [3.8, 4) is 0 Å². The summed E-state index contributed by atoms with van der Waals surface area (Å²) in [6.07, 6.45) is 4.19. The average molecular weight is 397 g/mol. The Morgan fingerprint density at radius 1 is 1.00 bits per heavy atom. The van der Waals surface area contributed by atoms with Crippen LogP contribution in [0.4, 0.5) is 0 Å². The van der Waals surface area contributed by atoms with Crippen molar-refractivity contribution in [3.63, 3.8) is 0 Å². The third kappa shape index (κ3) is 4.17. The molecule has 2 aromatic rings. The van der Waals surface area contributed by atoms with E-state index in [0.29, 0.717) is 18.7 Å². The first kappa shape index (κ1) is 18.9. The van der Waals surface area contributed by atoms with Gasteiger partial charge in [0.1, 0.15) is 0 Å². The lowest BCUT2D eigenvalue weighted by Crippen LogP contribution is -2.38. The highest BCUT2D eigenvalue weighted by Gasteiger charge is 2.22. The minimum Gasteiger partial charge on any atom is -0.456 e. The zero-order chi connectivity index (χ0) is 19.5. The van der Waals surface area contributed by atoms with Gasteiger partial charge in [0.25, 0.3) is 5.91 Å². The monoisotopic (exact) mass is 397 g/mol. The second-order valence-electron chi connectivity index (χ2n) is 7.36. The van der Waals surface area contributed by atoms with Crippen molar-refractivity contribution in [1.82, 2.24) is 4.90 Å². The number of esters is 1. The standard InChI is InChI=1S/C22H23NO4S/c24-19(17-5-4-15-2-1-3-16(15)12-17)6-7-22(26)27-14-21(25)23-10-8-20-18(13-23)9-11-28-20/h4-5,9,11-12H,1-3,6-8,10,13-14H2. The summed E-state index contributed by atoms with van der Waals surface area (Å²) in [7, 11) is 0. The van der Waals surface area contributed by atoms with Gasteiger partial charge in [-0.1, -0.05) is 12.1 Å². The summed E-state index contributed by atoms with van der Waals surface area (Å²) in [6.45, 7) is 0.970. The third-order valence-corrected chi connectivity index (χ3v) is 6.52. The molecule has 0 saturated heterocycles. The maximum atomic E-state index is 12.3. The minimum absolute atomic E-state index is 0.00211. The molecular weight excluding hydrogens is 374 g/mol. The van der Waals surface area contributed by atoms with Gasteiger partial charge < -0.3 is 9.64 Å². The number of aryl methyl sites for hydroxylation is 2. The van der Waals surface area contributed by atoms with E-state index in [1.807, 2.05) is 29.6 Å². The second-order valence-corrected chi connectivity index (χ2v) is 8.36. The molecule has 1 aromatic heterocycles. The van der Waals surface area contributed by atoms with Crippen LogP contribution in [0.5, 0.6) is 0 Å². The fourth-order valence-electron chi connectivity index (χ4n) is 3.87. The summed E-state index contributed by atoms with van der Waals surface area (Å²) >= 11 is 1.72. The van der Waals surface area contributed by atoms with Crippen molar-refractivity contribution in [2.75, 3.05) is 13.2 Å². The van der Waals surface area contributed by atoms with Crippen molar-refractivity contribution in [1.29, 1.82) is 0 Å². The van der Waals surface area contributed by atoms with Crippen molar-refractivity contribution in [3.05, 3.63) is 56.8 Å². The molecule has 4 rings (SSSR count). The Kier molecular flexibility index (Phi) is 5.57. The molecule has 1 aliphatic carbocycles. The summed E-state index contributed by atoms with van der Waals surface area (Å²) in [4.78, 5) is 39.6. The molecule has 5 nitrogen and oxygen atoms in total. The Labute approximate surface area is 168 Å². The van der Waals surface area contributed by atoms with Crippen molar-refractivity contribution in [2.45, 2.75) is 45.1 Å². The van der Waals surface area contributed by atoms with Gasteiger partial charge in [-0.05, 0) is 59.9 Å². The number of Topliss-reactive ketones (excluding diaryl/α,β-unsaturated/α-hetero) is 1. The first-order chi connectivity index (χ1) is 13.6.